The lowest BCUT2D eigenvalue weighted by molar-refractivity contribution is 0.0475. The minimum Gasteiger partial charge on any atom is -0.444 e. The van der Waals surface area contributed by atoms with Gasteiger partial charge < -0.3 is 15.8 Å². The Balaban J connectivity index is 2.44. The van der Waals surface area contributed by atoms with Gasteiger partial charge in [-0.25, -0.2) is 4.79 Å². The lowest BCUT2D eigenvalue weighted by atomic mass is 9.96. The molecule has 1 amide bonds. The fourth-order valence-electron chi connectivity index (χ4n) is 1.91. The number of amides is 1. The molecule has 4 nitrogen and oxygen atoms in total. The molecule has 1 fully saturated rings. The van der Waals surface area contributed by atoms with Gasteiger partial charge >= 0.3 is 6.09 Å². The van der Waals surface area contributed by atoms with Crippen molar-refractivity contribution < 1.29 is 9.53 Å². The van der Waals surface area contributed by atoms with Crippen molar-refractivity contribution in [3.05, 3.63) is 0 Å². The van der Waals surface area contributed by atoms with Gasteiger partial charge in [0.25, 0.3) is 0 Å². The minimum absolute atomic E-state index is 0.0539. The van der Waals surface area contributed by atoms with E-state index in [2.05, 4.69) is 12.2 Å². The number of nitrogens with two attached hydrogens (primary N) is 1. The van der Waals surface area contributed by atoms with E-state index in [4.69, 9.17) is 10.5 Å². The van der Waals surface area contributed by atoms with Crippen LogP contribution in [-0.4, -0.2) is 23.8 Å². The van der Waals surface area contributed by atoms with Crippen LogP contribution in [0.3, 0.4) is 0 Å². The summed E-state index contributed by atoms with van der Waals surface area (Å²) in [5.74, 6) is 0.421. The number of nitrogens with one attached hydrogen (secondary N) is 1. The third-order valence-electron chi connectivity index (χ3n) is 3.08. The Morgan fingerprint density at radius 1 is 1.50 bits per heavy atom. The maximum Gasteiger partial charge on any atom is 0.408 e. The van der Waals surface area contributed by atoms with E-state index in [1.807, 2.05) is 20.8 Å². The van der Waals surface area contributed by atoms with Crippen LogP contribution in [0.4, 0.5) is 4.79 Å². The normalized spacial score (nSPS) is 20.1. The molecule has 0 heterocycles. The number of carbonyl (C=O) groups is 1. The summed E-state index contributed by atoms with van der Waals surface area (Å²) >= 11 is 0. The highest BCUT2D eigenvalue weighted by atomic mass is 16.6. The Labute approximate surface area is 97.9 Å². The summed E-state index contributed by atoms with van der Waals surface area (Å²) in [7, 11) is 0. The first-order valence-corrected chi connectivity index (χ1v) is 6.00. The Kier molecular flexibility index (Phi) is 3.84. The molecule has 0 aliphatic heterocycles. The fraction of sp³-hybridized carbons (Fsp3) is 0.917. The Hall–Kier alpha value is -0.770. The molecule has 1 saturated carbocycles. The maximum absolute atomic E-state index is 11.7. The van der Waals surface area contributed by atoms with Crippen molar-refractivity contribution in [2.75, 3.05) is 6.54 Å². The van der Waals surface area contributed by atoms with Crippen LogP contribution in [0.2, 0.25) is 0 Å². The zero-order valence-corrected chi connectivity index (χ0v) is 10.8. The SMILES string of the molecule is CC(CCN)C1(NC(=O)OC(C)(C)C)CC1. The summed E-state index contributed by atoms with van der Waals surface area (Å²) in [6, 6.07) is 0. The number of hydrogen-bond donors (Lipinski definition) is 2. The molecule has 1 atom stereocenters. The van der Waals surface area contributed by atoms with Crippen LogP contribution in [0.25, 0.3) is 0 Å². The van der Waals surface area contributed by atoms with Crippen molar-refractivity contribution in [2.24, 2.45) is 11.7 Å². The van der Waals surface area contributed by atoms with Gasteiger partial charge in [-0.1, -0.05) is 6.92 Å². The first-order valence-electron chi connectivity index (χ1n) is 6.00. The largest absolute Gasteiger partial charge is 0.444 e. The molecular weight excluding hydrogens is 204 g/mol. The molecule has 0 aromatic carbocycles. The topological polar surface area (TPSA) is 64.3 Å². The van der Waals surface area contributed by atoms with Gasteiger partial charge in [-0.05, 0) is 52.5 Å². The first kappa shape index (κ1) is 13.3. The van der Waals surface area contributed by atoms with Crippen molar-refractivity contribution in [1.82, 2.24) is 5.32 Å². The lowest BCUT2D eigenvalue weighted by Gasteiger charge is -2.27. The van der Waals surface area contributed by atoms with E-state index in [0.717, 1.165) is 19.3 Å². The third-order valence-corrected chi connectivity index (χ3v) is 3.08. The van der Waals surface area contributed by atoms with Crippen molar-refractivity contribution >= 4 is 6.09 Å². The first-order chi connectivity index (χ1) is 7.29. The second-order valence-corrected chi connectivity index (χ2v) is 5.76. The second-order valence-electron chi connectivity index (χ2n) is 5.76. The molecule has 0 bridgehead atoms. The average Bonchev–Trinajstić information content (AvgIpc) is 2.82. The summed E-state index contributed by atoms with van der Waals surface area (Å²) in [5.41, 5.74) is 5.06. The van der Waals surface area contributed by atoms with Gasteiger partial charge in [0.05, 0.1) is 0 Å². The van der Waals surface area contributed by atoms with E-state index in [-0.39, 0.29) is 11.6 Å². The Morgan fingerprint density at radius 3 is 2.44 bits per heavy atom. The molecule has 1 rings (SSSR count). The highest BCUT2D eigenvalue weighted by molar-refractivity contribution is 5.69. The van der Waals surface area contributed by atoms with Crippen LogP contribution in [0.15, 0.2) is 0 Å². The molecule has 1 aliphatic carbocycles. The quantitative estimate of drug-likeness (QED) is 0.773. The molecule has 0 aromatic rings. The van der Waals surface area contributed by atoms with Crippen LogP contribution in [0.1, 0.15) is 47.0 Å². The molecule has 94 valence electrons. The highest BCUT2D eigenvalue weighted by Crippen LogP contribution is 2.43. The number of rotatable bonds is 4. The summed E-state index contributed by atoms with van der Waals surface area (Å²) in [6.07, 6.45) is 2.70. The summed E-state index contributed by atoms with van der Waals surface area (Å²) in [5, 5.41) is 2.99. The van der Waals surface area contributed by atoms with E-state index >= 15 is 0 Å². The van der Waals surface area contributed by atoms with Crippen molar-refractivity contribution in [3.63, 3.8) is 0 Å². The van der Waals surface area contributed by atoms with Crippen LogP contribution in [0, 0.1) is 5.92 Å². The maximum atomic E-state index is 11.7. The average molecular weight is 228 g/mol. The van der Waals surface area contributed by atoms with E-state index in [0.29, 0.717) is 12.5 Å². The number of alkyl carbamates (subject to hydrolysis) is 1. The molecule has 0 saturated heterocycles. The molecule has 0 aromatic heterocycles. The zero-order valence-electron chi connectivity index (χ0n) is 10.8. The predicted octanol–water partition coefficient (Wildman–Crippen LogP) is 2.03. The third kappa shape index (κ3) is 3.67. The van der Waals surface area contributed by atoms with Gasteiger partial charge in [-0.3, -0.25) is 0 Å². The summed E-state index contributed by atoms with van der Waals surface area (Å²) in [6.45, 7) is 8.41. The zero-order chi connectivity index (χ0) is 12.4. The van der Waals surface area contributed by atoms with Crippen LogP contribution in [-0.2, 0) is 4.74 Å². The molecule has 4 heteroatoms. The van der Waals surface area contributed by atoms with Crippen molar-refractivity contribution in [1.29, 1.82) is 0 Å². The Bertz CT molecular complexity index is 254. The van der Waals surface area contributed by atoms with E-state index in [1.54, 1.807) is 0 Å². The van der Waals surface area contributed by atoms with Gasteiger partial charge in [0, 0.05) is 5.54 Å². The molecule has 3 N–H and O–H groups in total. The number of ether oxygens (including phenoxy) is 1. The summed E-state index contributed by atoms with van der Waals surface area (Å²) < 4.78 is 5.26. The van der Waals surface area contributed by atoms with Crippen LogP contribution >= 0.6 is 0 Å². The Morgan fingerprint density at radius 2 is 2.06 bits per heavy atom. The van der Waals surface area contributed by atoms with Gasteiger partial charge in [0.1, 0.15) is 5.60 Å². The smallest absolute Gasteiger partial charge is 0.408 e. The van der Waals surface area contributed by atoms with Crippen LogP contribution < -0.4 is 11.1 Å². The molecule has 16 heavy (non-hydrogen) atoms. The second kappa shape index (κ2) is 4.62. The monoisotopic (exact) mass is 228 g/mol. The highest BCUT2D eigenvalue weighted by Gasteiger charge is 2.48. The van der Waals surface area contributed by atoms with Crippen LogP contribution in [0.5, 0.6) is 0 Å². The molecule has 1 unspecified atom stereocenters. The number of carbonyl (C=O) groups excluding carboxylic acids is 1. The summed E-state index contributed by atoms with van der Waals surface area (Å²) in [4.78, 5) is 11.7. The van der Waals surface area contributed by atoms with Gasteiger partial charge in [0.15, 0.2) is 0 Å². The van der Waals surface area contributed by atoms with Crippen molar-refractivity contribution in [3.8, 4) is 0 Å². The lowest BCUT2D eigenvalue weighted by Crippen LogP contribution is -2.44. The van der Waals surface area contributed by atoms with Gasteiger partial charge in [0.2, 0.25) is 0 Å². The van der Waals surface area contributed by atoms with Gasteiger partial charge in [-0.15, -0.1) is 0 Å². The van der Waals surface area contributed by atoms with Gasteiger partial charge in [-0.2, -0.15) is 0 Å². The van der Waals surface area contributed by atoms with Crippen molar-refractivity contribution in [2.45, 2.75) is 58.1 Å². The predicted molar refractivity (Wildman–Crippen MR) is 64.2 cm³/mol. The van der Waals surface area contributed by atoms with E-state index < -0.39 is 5.60 Å². The molecule has 0 spiro atoms. The standard InChI is InChI=1S/C12H24N2O2/c1-9(5-8-13)12(6-7-12)14-10(15)16-11(2,3)4/h9H,5-8,13H2,1-4H3,(H,14,15). The fourth-order valence-corrected chi connectivity index (χ4v) is 1.91. The van der Waals surface area contributed by atoms with E-state index in [9.17, 15) is 4.79 Å². The van der Waals surface area contributed by atoms with E-state index in [1.165, 1.54) is 0 Å². The minimum atomic E-state index is -0.433. The molecule has 1 aliphatic rings. The molecule has 0 radical (unpaired) electrons. The molecular formula is C12H24N2O2. The number of hydrogen-bond acceptors (Lipinski definition) is 3.